The third kappa shape index (κ3) is 1.60. The van der Waals surface area contributed by atoms with Gasteiger partial charge in [-0.1, -0.05) is 15.9 Å². The van der Waals surface area contributed by atoms with E-state index >= 15 is 0 Å². The summed E-state index contributed by atoms with van der Waals surface area (Å²) >= 11 is 5.00. The van der Waals surface area contributed by atoms with Gasteiger partial charge in [0.25, 0.3) is 5.56 Å². The molecular weight excluding hydrogens is 262 g/mol. The summed E-state index contributed by atoms with van der Waals surface area (Å²) < 4.78 is 1.000. The quantitative estimate of drug-likeness (QED) is 0.808. The highest BCUT2D eigenvalue weighted by molar-refractivity contribution is 9.10. The van der Waals surface area contributed by atoms with Gasteiger partial charge in [0, 0.05) is 15.6 Å². The molecule has 1 N–H and O–H groups in total. The molecule has 0 saturated heterocycles. The van der Waals surface area contributed by atoms with Crippen molar-refractivity contribution in [1.82, 2.24) is 4.98 Å². The molecule has 0 aliphatic carbocycles. The molecule has 0 bridgehead atoms. The molecule has 1 heterocycles. The van der Waals surface area contributed by atoms with E-state index in [0.717, 1.165) is 20.1 Å². The number of thioether (sulfide) groups is 1. The van der Waals surface area contributed by atoms with Crippen molar-refractivity contribution in [2.75, 3.05) is 6.26 Å². The number of fused-ring (bicyclic) bond motifs is 1. The summed E-state index contributed by atoms with van der Waals surface area (Å²) in [4.78, 5) is 15.3. The number of rotatable bonds is 1. The number of aromatic nitrogens is 1. The Balaban J connectivity index is 2.96. The molecule has 1 aromatic heterocycles. The maximum Gasteiger partial charge on any atom is 0.256 e. The van der Waals surface area contributed by atoms with Crippen LogP contribution in [0.1, 0.15) is 0 Å². The lowest BCUT2D eigenvalue weighted by molar-refractivity contribution is 1.26. The Hall–Kier alpha value is -0.740. The molecule has 0 saturated carbocycles. The van der Waals surface area contributed by atoms with Crippen molar-refractivity contribution in [3.8, 4) is 0 Å². The second-order valence-electron chi connectivity index (χ2n) is 2.88. The lowest BCUT2D eigenvalue weighted by Gasteiger charge is -2.03. The van der Waals surface area contributed by atoms with Crippen LogP contribution in [0.5, 0.6) is 0 Å². The Labute approximate surface area is 93.8 Å². The van der Waals surface area contributed by atoms with Gasteiger partial charge in [-0.2, -0.15) is 0 Å². The van der Waals surface area contributed by atoms with Gasteiger partial charge in [-0.15, -0.1) is 11.8 Å². The van der Waals surface area contributed by atoms with E-state index in [1.165, 1.54) is 0 Å². The van der Waals surface area contributed by atoms with Crippen LogP contribution in [0.15, 0.2) is 38.6 Å². The summed E-state index contributed by atoms with van der Waals surface area (Å²) in [7, 11) is 0. The number of hydrogen-bond donors (Lipinski definition) is 1. The average molecular weight is 270 g/mol. The van der Waals surface area contributed by atoms with Gasteiger partial charge in [0.15, 0.2) is 0 Å². The van der Waals surface area contributed by atoms with Gasteiger partial charge in [0.05, 0.1) is 5.39 Å². The Kier molecular flexibility index (Phi) is 2.65. The fourth-order valence-corrected chi connectivity index (χ4v) is 2.70. The van der Waals surface area contributed by atoms with E-state index < -0.39 is 0 Å². The highest BCUT2D eigenvalue weighted by Gasteiger charge is 2.05. The molecule has 0 unspecified atom stereocenters. The summed E-state index contributed by atoms with van der Waals surface area (Å²) in [5.74, 6) is 0. The predicted octanol–water partition coefficient (Wildman–Crippen LogP) is 3.01. The highest BCUT2D eigenvalue weighted by atomic mass is 79.9. The molecule has 0 aliphatic heterocycles. The smallest absolute Gasteiger partial charge is 0.256 e. The molecule has 0 amide bonds. The van der Waals surface area contributed by atoms with Crippen LogP contribution in [-0.2, 0) is 0 Å². The van der Waals surface area contributed by atoms with E-state index in [0.29, 0.717) is 0 Å². The monoisotopic (exact) mass is 269 g/mol. The third-order valence-corrected chi connectivity index (χ3v) is 3.24. The molecule has 0 fully saturated rings. The first-order valence-corrected chi connectivity index (χ1v) is 6.09. The van der Waals surface area contributed by atoms with E-state index in [9.17, 15) is 4.79 Å². The normalized spacial score (nSPS) is 10.7. The van der Waals surface area contributed by atoms with Crippen molar-refractivity contribution in [2.24, 2.45) is 0 Å². The second kappa shape index (κ2) is 3.79. The number of H-pyrrole nitrogens is 1. The first-order valence-electron chi connectivity index (χ1n) is 4.07. The van der Waals surface area contributed by atoms with Crippen molar-refractivity contribution in [1.29, 1.82) is 0 Å². The van der Waals surface area contributed by atoms with Gasteiger partial charge in [0.1, 0.15) is 0 Å². The highest BCUT2D eigenvalue weighted by Crippen LogP contribution is 2.27. The minimum absolute atomic E-state index is 0.0284. The van der Waals surface area contributed by atoms with Crippen LogP contribution >= 0.6 is 27.7 Å². The summed E-state index contributed by atoms with van der Waals surface area (Å²) in [6.45, 7) is 0. The Morgan fingerprint density at radius 3 is 2.93 bits per heavy atom. The number of aromatic amines is 1. The van der Waals surface area contributed by atoms with Crippen LogP contribution in [0.25, 0.3) is 10.8 Å². The standard InChI is InChI=1S/C10H8BrNOS/c1-14-8-5-7(11)4-6-2-3-12-10(13)9(6)8/h2-5H,1H3,(H,12,13). The minimum atomic E-state index is -0.0284. The molecule has 2 aromatic rings. The van der Waals surface area contributed by atoms with E-state index in [4.69, 9.17) is 0 Å². The Morgan fingerprint density at radius 1 is 1.43 bits per heavy atom. The van der Waals surface area contributed by atoms with Crippen LogP contribution in [0.4, 0.5) is 0 Å². The van der Waals surface area contributed by atoms with Gasteiger partial charge in [-0.05, 0) is 29.8 Å². The molecule has 4 heteroatoms. The summed E-state index contributed by atoms with van der Waals surface area (Å²) in [5, 5.41) is 1.73. The molecular formula is C10H8BrNOS. The van der Waals surface area contributed by atoms with Gasteiger partial charge in [0.2, 0.25) is 0 Å². The van der Waals surface area contributed by atoms with E-state index in [1.807, 2.05) is 24.5 Å². The molecule has 0 aliphatic rings. The minimum Gasteiger partial charge on any atom is -0.329 e. The zero-order valence-corrected chi connectivity index (χ0v) is 9.91. The number of benzene rings is 1. The molecule has 1 aromatic carbocycles. The zero-order chi connectivity index (χ0) is 10.1. The van der Waals surface area contributed by atoms with Crippen LogP contribution in [0.2, 0.25) is 0 Å². The largest absolute Gasteiger partial charge is 0.329 e. The van der Waals surface area contributed by atoms with E-state index in [1.54, 1.807) is 18.0 Å². The molecule has 0 radical (unpaired) electrons. The molecule has 2 nitrogen and oxygen atoms in total. The van der Waals surface area contributed by atoms with Gasteiger partial charge >= 0.3 is 0 Å². The molecule has 0 spiro atoms. The lowest BCUT2D eigenvalue weighted by Crippen LogP contribution is -2.05. The van der Waals surface area contributed by atoms with Crippen LogP contribution in [-0.4, -0.2) is 11.2 Å². The van der Waals surface area contributed by atoms with Crippen LogP contribution < -0.4 is 5.56 Å². The SMILES string of the molecule is CSc1cc(Br)cc2cc[nH]c(=O)c12. The first kappa shape index (κ1) is 9.80. The van der Waals surface area contributed by atoms with Crippen molar-refractivity contribution >= 4 is 38.5 Å². The van der Waals surface area contributed by atoms with Crippen molar-refractivity contribution in [3.05, 3.63) is 39.2 Å². The molecule has 72 valence electrons. The van der Waals surface area contributed by atoms with Crippen molar-refractivity contribution in [2.45, 2.75) is 4.90 Å². The van der Waals surface area contributed by atoms with Crippen LogP contribution in [0.3, 0.4) is 0 Å². The summed E-state index contributed by atoms with van der Waals surface area (Å²) in [6.07, 6.45) is 3.63. The number of halogens is 1. The molecule has 2 rings (SSSR count). The number of nitrogens with one attached hydrogen (secondary N) is 1. The summed E-state index contributed by atoms with van der Waals surface area (Å²) in [6, 6.07) is 5.81. The number of hydrogen-bond acceptors (Lipinski definition) is 2. The fourth-order valence-electron chi connectivity index (χ4n) is 1.42. The van der Waals surface area contributed by atoms with Gasteiger partial charge in [-0.3, -0.25) is 4.79 Å². The zero-order valence-electron chi connectivity index (χ0n) is 7.50. The Morgan fingerprint density at radius 2 is 2.21 bits per heavy atom. The molecule has 14 heavy (non-hydrogen) atoms. The maximum absolute atomic E-state index is 11.6. The Bertz CT molecular complexity index is 535. The van der Waals surface area contributed by atoms with Crippen LogP contribution in [0, 0.1) is 0 Å². The average Bonchev–Trinajstić information content (AvgIpc) is 2.16. The fraction of sp³-hybridized carbons (Fsp3) is 0.100. The third-order valence-electron chi connectivity index (χ3n) is 2.02. The maximum atomic E-state index is 11.6. The van der Waals surface area contributed by atoms with E-state index in [-0.39, 0.29) is 5.56 Å². The summed E-state index contributed by atoms with van der Waals surface area (Å²) in [5.41, 5.74) is -0.0284. The first-order chi connectivity index (χ1) is 6.72. The van der Waals surface area contributed by atoms with Gasteiger partial charge in [-0.25, -0.2) is 0 Å². The van der Waals surface area contributed by atoms with Gasteiger partial charge < -0.3 is 4.98 Å². The number of pyridine rings is 1. The topological polar surface area (TPSA) is 32.9 Å². The lowest BCUT2D eigenvalue weighted by atomic mass is 10.2. The predicted molar refractivity (Wildman–Crippen MR) is 64.0 cm³/mol. The second-order valence-corrected chi connectivity index (χ2v) is 4.64. The molecule has 0 atom stereocenters. The van der Waals surface area contributed by atoms with E-state index in [2.05, 4.69) is 20.9 Å². The van der Waals surface area contributed by atoms with Crippen molar-refractivity contribution in [3.63, 3.8) is 0 Å². The van der Waals surface area contributed by atoms with Crippen molar-refractivity contribution < 1.29 is 0 Å².